The minimum Gasteiger partial charge on any atom is -0.456 e. The van der Waals surface area contributed by atoms with E-state index in [0.717, 1.165) is 0 Å². The molecule has 2 rings (SSSR count). The Balaban J connectivity index is 1.62. The molecule has 0 atom stereocenters. The van der Waals surface area contributed by atoms with Crippen molar-refractivity contribution >= 4 is 40.9 Å². The van der Waals surface area contributed by atoms with Crippen LogP contribution in [0.4, 0.5) is 16.2 Å². The van der Waals surface area contributed by atoms with Gasteiger partial charge in [0.2, 0.25) is 0 Å². The summed E-state index contributed by atoms with van der Waals surface area (Å²) in [5.74, 6) is -1.10. The Bertz CT molecular complexity index is 768. The predicted octanol–water partition coefficient (Wildman–Crippen LogP) is 3.03. The van der Waals surface area contributed by atoms with Gasteiger partial charge in [-0.3, -0.25) is 9.59 Å². The molecule has 0 aliphatic rings. The van der Waals surface area contributed by atoms with Crippen LogP contribution in [0.15, 0.2) is 54.6 Å². The quantitative estimate of drug-likeness (QED) is 0.648. The summed E-state index contributed by atoms with van der Waals surface area (Å²) in [7, 11) is 0. The molecule has 2 aromatic rings. The van der Waals surface area contributed by atoms with E-state index in [1.165, 1.54) is 0 Å². The largest absolute Gasteiger partial charge is 0.456 e. The molecule has 0 unspecified atom stereocenters. The number of carbonyl (C=O) groups excluding carboxylic acids is 3. The number of carbonyl (C=O) groups is 3. The summed E-state index contributed by atoms with van der Waals surface area (Å²) in [6.07, 6.45) is -0.0540. The van der Waals surface area contributed by atoms with Crippen LogP contribution >= 0.6 is 11.6 Å². The predicted molar refractivity (Wildman–Crippen MR) is 99.1 cm³/mol. The molecule has 0 bridgehead atoms. The highest BCUT2D eigenvalue weighted by Crippen LogP contribution is 2.20. The van der Waals surface area contributed by atoms with Crippen LogP contribution in [0, 0.1) is 0 Å². The lowest BCUT2D eigenvalue weighted by atomic mass is 10.3. The number of esters is 1. The number of hydrogen-bond donors (Lipinski definition) is 3. The first-order valence-electron chi connectivity index (χ1n) is 7.84. The maximum absolute atomic E-state index is 11.7. The fourth-order valence-electron chi connectivity index (χ4n) is 1.94. The first kappa shape index (κ1) is 19.3. The van der Waals surface area contributed by atoms with Gasteiger partial charge in [0.25, 0.3) is 5.91 Å². The van der Waals surface area contributed by atoms with Crippen LogP contribution in [0.5, 0.6) is 0 Å². The van der Waals surface area contributed by atoms with Crippen LogP contribution < -0.4 is 16.0 Å². The lowest BCUT2D eigenvalue weighted by Crippen LogP contribution is -2.31. The highest BCUT2D eigenvalue weighted by Gasteiger charge is 2.10. The maximum Gasteiger partial charge on any atom is 0.319 e. The van der Waals surface area contributed by atoms with Gasteiger partial charge in [-0.15, -0.1) is 0 Å². The number of anilines is 2. The molecule has 136 valence electrons. The van der Waals surface area contributed by atoms with Crippen molar-refractivity contribution in [3.05, 3.63) is 59.6 Å². The monoisotopic (exact) mass is 375 g/mol. The van der Waals surface area contributed by atoms with E-state index in [4.69, 9.17) is 16.3 Å². The average molecular weight is 376 g/mol. The molecule has 3 N–H and O–H groups in total. The maximum atomic E-state index is 11.7. The Morgan fingerprint density at radius 3 is 2.35 bits per heavy atom. The van der Waals surface area contributed by atoms with Crippen molar-refractivity contribution in [1.29, 1.82) is 0 Å². The third kappa shape index (κ3) is 6.82. The van der Waals surface area contributed by atoms with E-state index in [9.17, 15) is 14.4 Å². The fourth-order valence-corrected chi connectivity index (χ4v) is 2.12. The molecular weight excluding hydrogens is 358 g/mol. The number of benzene rings is 2. The summed E-state index contributed by atoms with van der Waals surface area (Å²) in [4.78, 5) is 35.0. The lowest BCUT2D eigenvalue weighted by Gasteiger charge is -2.09. The van der Waals surface area contributed by atoms with Crippen LogP contribution in [-0.2, 0) is 14.3 Å². The number of amides is 3. The Morgan fingerprint density at radius 1 is 0.923 bits per heavy atom. The minimum absolute atomic E-state index is 0.0540. The zero-order valence-corrected chi connectivity index (χ0v) is 14.6. The van der Waals surface area contributed by atoms with Crippen molar-refractivity contribution in [2.24, 2.45) is 0 Å². The normalized spacial score (nSPS) is 9.88. The highest BCUT2D eigenvalue weighted by molar-refractivity contribution is 6.33. The molecule has 7 nitrogen and oxygen atoms in total. The zero-order chi connectivity index (χ0) is 18.8. The van der Waals surface area contributed by atoms with E-state index in [-0.39, 0.29) is 13.0 Å². The number of nitrogens with one attached hydrogen (secondary N) is 3. The summed E-state index contributed by atoms with van der Waals surface area (Å²) in [5, 5.41) is 8.08. The van der Waals surface area contributed by atoms with Crippen LogP contribution in [-0.4, -0.2) is 31.1 Å². The van der Waals surface area contributed by atoms with E-state index in [0.29, 0.717) is 16.4 Å². The van der Waals surface area contributed by atoms with Gasteiger partial charge in [-0.1, -0.05) is 41.9 Å². The lowest BCUT2D eigenvalue weighted by molar-refractivity contribution is -0.147. The molecular formula is C18H18ClN3O4. The van der Waals surface area contributed by atoms with Gasteiger partial charge < -0.3 is 20.7 Å². The van der Waals surface area contributed by atoms with Crippen molar-refractivity contribution < 1.29 is 19.1 Å². The molecule has 0 aliphatic heterocycles. The summed E-state index contributed by atoms with van der Waals surface area (Å²) in [6, 6.07) is 15.2. The molecule has 0 aromatic heterocycles. The molecule has 0 saturated carbocycles. The molecule has 0 radical (unpaired) electrons. The van der Waals surface area contributed by atoms with Crippen molar-refractivity contribution in [2.45, 2.75) is 6.42 Å². The van der Waals surface area contributed by atoms with Crippen LogP contribution in [0.25, 0.3) is 0 Å². The molecule has 3 amide bonds. The number of rotatable bonds is 7. The highest BCUT2D eigenvalue weighted by atomic mass is 35.5. The topological polar surface area (TPSA) is 96.5 Å². The fraction of sp³-hybridized carbons (Fsp3) is 0.167. The summed E-state index contributed by atoms with van der Waals surface area (Å²) >= 11 is 5.92. The molecule has 0 fully saturated rings. The van der Waals surface area contributed by atoms with E-state index in [1.807, 2.05) is 6.07 Å². The Morgan fingerprint density at radius 2 is 1.62 bits per heavy atom. The summed E-state index contributed by atoms with van der Waals surface area (Å²) < 4.78 is 4.85. The van der Waals surface area contributed by atoms with E-state index >= 15 is 0 Å². The number of para-hydroxylation sites is 2. The van der Waals surface area contributed by atoms with Crippen LogP contribution in [0.2, 0.25) is 5.02 Å². The second-order valence-corrected chi connectivity index (χ2v) is 5.59. The zero-order valence-electron chi connectivity index (χ0n) is 13.8. The van der Waals surface area contributed by atoms with Gasteiger partial charge in [0.1, 0.15) is 0 Å². The van der Waals surface area contributed by atoms with E-state index in [1.54, 1.807) is 48.5 Å². The standard InChI is InChI=1S/C18H18ClN3O4/c19-14-8-4-5-9-15(14)22-16(23)12-26-17(24)10-11-20-18(25)21-13-6-2-1-3-7-13/h1-9H,10-12H2,(H,22,23)(H2,20,21,25). The smallest absolute Gasteiger partial charge is 0.319 e. The Hall–Kier alpha value is -3.06. The van der Waals surface area contributed by atoms with Gasteiger partial charge in [0, 0.05) is 12.2 Å². The van der Waals surface area contributed by atoms with Crippen LogP contribution in [0.1, 0.15) is 6.42 Å². The van der Waals surface area contributed by atoms with Crippen LogP contribution in [0.3, 0.4) is 0 Å². The number of halogens is 1. The minimum atomic E-state index is -0.598. The third-order valence-corrected chi connectivity index (χ3v) is 3.49. The SMILES string of the molecule is O=C(COC(=O)CCNC(=O)Nc1ccccc1)Nc1ccccc1Cl. The molecule has 0 saturated heterocycles. The Kier molecular flexibility index (Phi) is 7.45. The number of urea groups is 1. The molecule has 0 aliphatic carbocycles. The molecule has 0 spiro atoms. The van der Waals surface area contributed by atoms with Gasteiger partial charge in [-0.25, -0.2) is 4.79 Å². The molecule has 8 heteroatoms. The van der Waals surface area contributed by atoms with Crippen molar-refractivity contribution in [1.82, 2.24) is 5.32 Å². The number of hydrogen-bond acceptors (Lipinski definition) is 4. The van der Waals surface area contributed by atoms with Gasteiger partial charge >= 0.3 is 12.0 Å². The summed E-state index contributed by atoms with van der Waals surface area (Å²) in [6.45, 7) is -0.343. The van der Waals surface area contributed by atoms with E-state index in [2.05, 4.69) is 16.0 Å². The second-order valence-electron chi connectivity index (χ2n) is 5.19. The second kappa shape index (κ2) is 10.0. The summed E-state index contributed by atoms with van der Waals surface area (Å²) in [5.41, 5.74) is 1.08. The van der Waals surface area contributed by atoms with E-state index < -0.39 is 24.5 Å². The molecule has 0 heterocycles. The molecule has 2 aromatic carbocycles. The first-order valence-corrected chi connectivity index (χ1v) is 8.22. The molecule has 26 heavy (non-hydrogen) atoms. The van der Waals surface area contributed by atoms with Crippen molar-refractivity contribution in [3.8, 4) is 0 Å². The Labute approximate surface area is 155 Å². The first-order chi connectivity index (χ1) is 12.5. The average Bonchev–Trinajstić information content (AvgIpc) is 2.63. The van der Waals surface area contributed by atoms with Gasteiger partial charge in [0.05, 0.1) is 17.1 Å². The third-order valence-electron chi connectivity index (χ3n) is 3.16. The van der Waals surface area contributed by atoms with Gasteiger partial charge in [-0.2, -0.15) is 0 Å². The van der Waals surface area contributed by atoms with Gasteiger partial charge in [-0.05, 0) is 24.3 Å². The van der Waals surface area contributed by atoms with Gasteiger partial charge in [0.15, 0.2) is 6.61 Å². The van der Waals surface area contributed by atoms with Crippen molar-refractivity contribution in [2.75, 3.05) is 23.8 Å². The number of ether oxygens (including phenoxy) is 1. The van der Waals surface area contributed by atoms with Crippen molar-refractivity contribution in [3.63, 3.8) is 0 Å².